The molecular formula is C17H14F3N3OS2. The SMILES string of the molecule is C[C@@H](Sc1nc(C(F)(F)F)nc2ccccc12)C(=O)NCc1cccs1. The number of alkyl halides is 3. The maximum absolute atomic E-state index is 13.1. The number of amides is 1. The Kier molecular flexibility index (Phi) is 5.47. The number of halogens is 3. The lowest BCUT2D eigenvalue weighted by Crippen LogP contribution is -2.30. The Morgan fingerprint density at radius 2 is 2.00 bits per heavy atom. The number of carbonyl (C=O) groups is 1. The molecular weight excluding hydrogens is 383 g/mol. The van der Waals surface area contributed by atoms with E-state index in [4.69, 9.17) is 0 Å². The average Bonchev–Trinajstić information content (AvgIpc) is 3.12. The number of rotatable bonds is 5. The first-order valence-electron chi connectivity index (χ1n) is 7.65. The monoisotopic (exact) mass is 397 g/mol. The quantitative estimate of drug-likeness (QED) is 0.509. The van der Waals surface area contributed by atoms with E-state index in [0.717, 1.165) is 16.6 Å². The van der Waals surface area contributed by atoms with Crippen molar-refractivity contribution < 1.29 is 18.0 Å². The van der Waals surface area contributed by atoms with Crippen molar-refractivity contribution in [2.75, 3.05) is 0 Å². The normalized spacial score (nSPS) is 12.9. The highest BCUT2D eigenvalue weighted by atomic mass is 32.2. The number of carbonyl (C=O) groups excluding carboxylic acids is 1. The molecule has 2 aromatic heterocycles. The minimum atomic E-state index is -4.65. The fourth-order valence-electron chi connectivity index (χ4n) is 2.22. The van der Waals surface area contributed by atoms with Crippen LogP contribution in [0, 0.1) is 0 Å². The van der Waals surface area contributed by atoms with Crippen LogP contribution in [0.5, 0.6) is 0 Å². The van der Waals surface area contributed by atoms with Crippen LogP contribution in [0.25, 0.3) is 10.9 Å². The molecule has 0 saturated heterocycles. The van der Waals surface area contributed by atoms with Crippen molar-refractivity contribution in [3.8, 4) is 0 Å². The standard InChI is InChI=1S/C17H14F3N3OS2/c1-10(14(24)21-9-11-5-4-8-25-11)26-15-12-6-2-3-7-13(12)22-16(23-15)17(18,19)20/h2-8,10H,9H2,1H3,(H,21,24)/t10-/m1/s1. The molecule has 3 rings (SSSR count). The summed E-state index contributed by atoms with van der Waals surface area (Å²) in [5.74, 6) is -1.47. The highest BCUT2D eigenvalue weighted by Gasteiger charge is 2.35. The molecule has 0 aliphatic heterocycles. The summed E-state index contributed by atoms with van der Waals surface area (Å²) in [7, 11) is 0. The second-order valence-corrected chi connectivity index (χ2v) is 7.79. The first-order valence-corrected chi connectivity index (χ1v) is 9.41. The van der Waals surface area contributed by atoms with Gasteiger partial charge in [-0.1, -0.05) is 36.0 Å². The van der Waals surface area contributed by atoms with Crippen LogP contribution in [0.4, 0.5) is 13.2 Å². The predicted octanol–water partition coefficient (Wildman–Crippen LogP) is 4.51. The van der Waals surface area contributed by atoms with E-state index in [1.807, 2.05) is 17.5 Å². The van der Waals surface area contributed by atoms with Crippen molar-refractivity contribution in [3.63, 3.8) is 0 Å². The molecule has 1 N–H and O–H groups in total. The van der Waals surface area contributed by atoms with Crippen molar-refractivity contribution >= 4 is 39.9 Å². The second kappa shape index (κ2) is 7.63. The third kappa shape index (κ3) is 4.34. The minimum Gasteiger partial charge on any atom is -0.350 e. The molecule has 0 aliphatic rings. The first-order chi connectivity index (χ1) is 12.3. The van der Waals surface area contributed by atoms with Crippen LogP contribution in [-0.4, -0.2) is 21.1 Å². The minimum absolute atomic E-state index is 0.140. The van der Waals surface area contributed by atoms with Gasteiger partial charge in [-0.15, -0.1) is 11.3 Å². The number of aromatic nitrogens is 2. The van der Waals surface area contributed by atoms with Gasteiger partial charge in [0.25, 0.3) is 0 Å². The fraction of sp³-hybridized carbons (Fsp3) is 0.235. The molecule has 2 heterocycles. The van der Waals surface area contributed by atoms with E-state index in [1.165, 1.54) is 17.4 Å². The van der Waals surface area contributed by atoms with Gasteiger partial charge in [0.15, 0.2) is 0 Å². The Balaban J connectivity index is 1.81. The van der Waals surface area contributed by atoms with E-state index >= 15 is 0 Å². The molecule has 0 spiro atoms. The van der Waals surface area contributed by atoms with Gasteiger partial charge in [0.05, 0.1) is 17.3 Å². The van der Waals surface area contributed by atoms with Crippen LogP contribution in [0.1, 0.15) is 17.6 Å². The Hall–Kier alpha value is -2.13. The number of thiophene rings is 1. The van der Waals surface area contributed by atoms with Gasteiger partial charge in [-0.25, -0.2) is 9.97 Å². The molecule has 26 heavy (non-hydrogen) atoms. The zero-order valence-corrected chi connectivity index (χ0v) is 15.2. The van der Waals surface area contributed by atoms with Crippen LogP contribution in [0.15, 0.2) is 46.8 Å². The summed E-state index contributed by atoms with van der Waals surface area (Å²) in [5, 5.41) is 4.72. The first kappa shape index (κ1) is 18.7. The van der Waals surface area contributed by atoms with Crippen molar-refractivity contribution in [3.05, 3.63) is 52.5 Å². The molecule has 9 heteroatoms. The Bertz CT molecular complexity index is 913. The zero-order valence-electron chi connectivity index (χ0n) is 13.6. The van der Waals surface area contributed by atoms with Gasteiger partial charge >= 0.3 is 6.18 Å². The van der Waals surface area contributed by atoms with Crippen molar-refractivity contribution in [1.29, 1.82) is 0 Å². The van der Waals surface area contributed by atoms with Crippen LogP contribution < -0.4 is 5.32 Å². The fourth-order valence-corrected chi connectivity index (χ4v) is 3.82. The van der Waals surface area contributed by atoms with Gasteiger partial charge in [-0.2, -0.15) is 13.2 Å². The van der Waals surface area contributed by atoms with E-state index in [1.54, 1.807) is 25.1 Å². The second-order valence-electron chi connectivity index (χ2n) is 5.42. The lowest BCUT2D eigenvalue weighted by Gasteiger charge is -2.14. The van der Waals surface area contributed by atoms with Gasteiger partial charge in [-0.05, 0) is 24.4 Å². The van der Waals surface area contributed by atoms with Gasteiger partial charge in [0.1, 0.15) is 5.03 Å². The molecule has 0 saturated carbocycles. The summed E-state index contributed by atoms with van der Waals surface area (Å²) in [6.07, 6.45) is -4.65. The topological polar surface area (TPSA) is 54.9 Å². The number of benzene rings is 1. The van der Waals surface area contributed by atoms with Crippen molar-refractivity contribution in [2.24, 2.45) is 0 Å². The van der Waals surface area contributed by atoms with E-state index in [2.05, 4.69) is 15.3 Å². The number of nitrogens with zero attached hydrogens (tertiary/aromatic N) is 2. The highest BCUT2D eigenvalue weighted by Crippen LogP contribution is 2.33. The summed E-state index contributed by atoms with van der Waals surface area (Å²) in [6.45, 7) is 2.03. The molecule has 0 aliphatic carbocycles. The summed E-state index contributed by atoms with van der Waals surface area (Å²) in [6, 6.07) is 10.2. The molecule has 0 radical (unpaired) electrons. The molecule has 1 aromatic carbocycles. The zero-order chi connectivity index (χ0) is 18.7. The maximum Gasteiger partial charge on any atom is 0.451 e. The van der Waals surface area contributed by atoms with Crippen LogP contribution in [0.2, 0.25) is 0 Å². The lowest BCUT2D eigenvalue weighted by atomic mass is 10.2. The third-order valence-electron chi connectivity index (χ3n) is 3.50. The molecule has 0 bridgehead atoms. The van der Waals surface area contributed by atoms with Crippen molar-refractivity contribution in [2.45, 2.75) is 29.9 Å². The van der Waals surface area contributed by atoms with Crippen LogP contribution in [-0.2, 0) is 17.5 Å². The average molecular weight is 397 g/mol. The Morgan fingerprint density at radius 1 is 1.23 bits per heavy atom. The third-order valence-corrected chi connectivity index (χ3v) is 5.47. The maximum atomic E-state index is 13.1. The van der Waals surface area contributed by atoms with E-state index < -0.39 is 17.3 Å². The number of hydrogen-bond acceptors (Lipinski definition) is 5. The summed E-state index contributed by atoms with van der Waals surface area (Å²) >= 11 is 2.51. The predicted molar refractivity (Wildman–Crippen MR) is 96.0 cm³/mol. The van der Waals surface area contributed by atoms with Crippen LogP contribution >= 0.6 is 23.1 Å². The van der Waals surface area contributed by atoms with Gasteiger partial charge in [-0.3, -0.25) is 4.79 Å². The number of nitrogens with one attached hydrogen (secondary N) is 1. The van der Waals surface area contributed by atoms with Gasteiger partial charge in [0, 0.05) is 10.3 Å². The molecule has 1 atom stereocenters. The smallest absolute Gasteiger partial charge is 0.350 e. The molecule has 4 nitrogen and oxygen atoms in total. The van der Waals surface area contributed by atoms with E-state index in [0.29, 0.717) is 11.9 Å². The van der Waals surface area contributed by atoms with E-state index in [9.17, 15) is 18.0 Å². The number of thioether (sulfide) groups is 1. The summed E-state index contributed by atoms with van der Waals surface area (Å²) in [5.41, 5.74) is 0.198. The van der Waals surface area contributed by atoms with Crippen molar-refractivity contribution in [1.82, 2.24) is 15.3 Å². The lowest BCUT2D eigenvalue weighted by molar-refractivity contribution is -0.145. The largest absolute Gasteiger partial charge is 0.451 e. The number of para-hydroxylation sites is 1. The Morgan fingerprint density at radius 3 is 2.69 bits per heavy atom. The summed E-state index contributed by atoms with van der Waals surface area (Å²) in [4.78, 5) is 20.5. The molecule has 3 aromatic rings. The number of fused-ring (bicyclic) bond motifs is 1. The summed E-state index contributed by atoms with van der Waals surface area (Å²) < 4.78 is 39.2. The molecule has 1 amide bonds. The van der Waals surface area contributed by atoms with E-state index in [-0.39, 0.29) is 16.4 Å². The molecule has 0 fully saturated rings. The van der Waals surface area contributed by atoms with Gasteiger partial charge < -0.3 is 5.32 Å². The molecule has 0 unspecified atom stereocenters. The molecule has 136 valence electrons. The Labute approximate surface area is 155 Å². The van der Waals surface area contributed by atoms with Gasteiger partial charge in [0.2, 0.25) is 11.7 Å². The van der Waals surface area contributed by atoms with Crippen LogP contribution in [0.3, 0.4) is 0 Å². The number of hydrogen-bond donors (Lipinski definition) is 1. The highest BCUT2D eigenvalue weighted by molar-refractivity contribution is 8.00.